The van der Waals surface area contributed by atoms with Gasteiger partial charge in [0.1, 0.15) is 5.57 Å². The summed E-state index contributed by atoms with van der Waals surface area (Å²) in [5.74, 6) is -1.33. The van der Waals surface area contributed by atoms with Crippen LogP contribution in [-0.4, -0.2) is 35.8 Å². The first kappa shape index (κ1) is 12.8. The summed E-state index contributed by atoms with van der Waals surface area (Å²) in [4.78, 5) is 22.9. The molecular formula is C11H13NO5. The molecule has 0 aliphatic rings. The van der Waals surface area contributed by atoms with Gasteiger partial charge in [0.25, 0.3) is 0 Å². The number of aliphatic hydroxyl groups is 1. The number of rotatable bonds is 3. The molecule has 92 valence electrons. The van der Waals surface area contributed by atoms with Crippen molar-refractivity contribution in [2.75, 3.05) is 14.2 Å². The molecule has 0 amide bonds. The maximum Gasteiger partial charge on any atom is 0.343 e. The third-order valence-electron chi connectivity index (χ3n) is 2.27. The molecule has 1 aromatic rings. The van der Waals surface area contributed by atoms with E-state index in [4.69, 9.17) is 5.11 Å². The van der Waals surface area contributed by atoms with Crippen molar-refractivity contribution in [3.63, 3.8) is 0 Å². The molecule has 0 fully saturated rings. The van der Waals surface area contributed by atoms with Gasteiger partial charge in [-0.15, -0.1) is 0 Å². The van der Waals surface area contributed by atoms with Crippen molar-refractivity contribution in [1.29, 1.82) is 0 Å². The quantitative estimate of drug-likeness (QED) is 0.481. The van der Waals surface area contributed by atoms with Crippen LogP contribution in [0.2, 0.25) is 0 Å². The normalized spacial score (nSPS) is 11.1. The number of nitrogens with zero attached hydrogens (tertiary/aromatic N) is 1. The Morgan fingerprint density at radius 3 is 2.47 bits per heavy atom. The Labute approximate surface area is 98.1 Å². The van der Waals surface area contributed by atoms with E-state index < -0.39 is 11.9 Å². The van der Waals surface area contributed by atoms with Crippen LogP contribution in [0.25, 0.3) is 5.57 Å². The number of methoxy groups -OCH3 is 2. The molecular weight excluding hydrogens is 226 g/mol. The molecule has 0 radical (unpaired) electrons. The number of carbonyl (C=O) groups is 2. The number of esters is 2. The van der Waals surface area contributed by atoms with Gasteiger partial charge in [0, 0.05) is 13.2 Å². The lowest BCUT2D eigenvalue weighted by Gasteiger charge is -2.08. The lowest BCUT2D eigenvalue weighted by atomic mass is 10.1. The molecule has 1 rings (SSSR count). The molecule has 17 heavy (non-hydrogen) atoms. The number of aromatic nitrogens is 1. The average molecular weight is 239 g/mol. The van der Waals surface area contributed by atoms with Crippen LogP contribution in [0.1, 0.15) is 16.1 Å². The Balaban J connectivity index is 3.34. The van der Waals surface area contributed by atoms with E-state index >= 15 is 0 Å². The van der Waals surface area contributed by atoms with Gasteiger partial charge in [0.15, 0.2) is 0 Å². The lowest BCUT2D eigenvalue weighted by molar-refractivity contribution is -0.133. The van der Waals surface area contributed by atoms with Crippen molar-refractivity contribution in [3.8, 4) is 0 Å². The van der Waals surface area contributed by atoms with Crippen molar-refractivity contribution in [1.82, 2.24) is 4.57 Å². The van der Waals surface area contributed by atoms with E-state index in [1.165, 1.54) is 24.9 Å². The summed E-state index contributed by atoms with van der Waals surface area (Å²) in [6, 6.07) is 1.49. The van der Waals surface area contributed by atoms with Crippen LogP contribution in [0.5, 0.6) is 0 Å². The van der Waals surface area contributed by atoms with Crippen LogP contribution in [-0.2, 0) is 21.3 Å². The first-order valence-electron chi connectivity index (χ1n) is 4.73. The molecule has 1 heterocycles. The van der Waals surface area contributed by atoms with Gasteiger partial charge in [-0.2, -0.15) is 0 Å². The zero-order valence-electron chi connectivity index (χ0n) is 9.76. The van der Waals surface area contributed by atoms with E-state index in [9.17, 15) is 9.59 Å². The zero-order chi connectivity index (χ0) is 13.0. The van der Waals surface area contributed by atoms with Gasteiger partial charge in [-0.05, 0) is 6.07 Å². The highest BCUT2D eigenvalue weighted by molar-refractivity contribution is 6.18. The van der Waals surface area contributed by atoms with E-state index in [1.54, 1.807) is 13.2 Å². The molecule has 0 saturated carbocycles. The summed E-state index contributed by atoms with van der Waals surface area (Å²) in [5, 5.41) is 9.07. The molecule has 0 aromatic carbocycles. The third kappa shape index (κ3) is 2.30. The fourth-order valence-corrected chi connectivity index (χ4v) is 1.46. The molecule has 0 bridgehead atoms. The smallest absolute Gasteiger partial charge is 0.343 e. The molecule has 0 atom stereocenters. The predicted molar refractivity (Wildman–Crippen MR) is 59.4 cm³/mol. The van der Waals surface area contributed by atoms with E-state index in [1.807, 2.05) is 0 Å². The molecule has 6 nitrogen and oxygen atoms in total. The second-order valence-electron chi connectivity index (χ2n) is 3.21. The van der Waals surface area contributed by atoms with Gasteiger partial charge < -0.3 is 19.1 Å². The van der Waals surface area contributed by atoms with Crippen LogP contribution in [0.15, 0.2) is 18.5 Å². The van der Waals surface area contributed by atoms with Crippen molar-refractivity contribution in [2.24, 2.45) is 7.05 Å². The Bertz CT molecular complexity index is 472. The second kappa shape index (κ2) is 5.20. The van der Waals surface area contributed by atoms with Crippen LogP contribution in [0, 0.1) is 0 Å². The number of hydrogen-bond acceptors (Lipinski definition) is 5. The summed E-state index contributed by atoms with van der Waals surface area (Å²) in [5.41, 5.74) is 0.312. The molecule has 6 heteroatoms. The summed E-state index contributed by atoms with van der Waals surface area (Å²) in [7, 11) is 4.06. The molecule has 1 aromatic heterocycles. The first-order chi connectivity index (χ1) is 8.06. The van der Waals surface area contributed by atoms with Crippen LogP contribution in [0.3, 0.4) is 0 Å². The molecule has 0 aliphatic carbocycles. The van der Waals surface area contributed by atoms with E-state index in [0.717, 1.165) is 0 Å². The summed E-state index contributed by atoms with van der Waals surface area (Å²) in [6.07, 6.45) is 2.18. The standard InChI is InChI=1S/C11H13NO5/c1-12-5-4-7(10(14)16-2)9(12)8(6-13)11(15)17-3/h4-6,13H,1-3H3/b8-6+. The SMILES string of the molecule is COC(=O)/C(=C/O)c1c(C(=O)OC)ccn1C. The maximum absolute atomic E-state index is 11.5. The molecule has 0 saturated heterocycles. The number of carbonyl (C=O) groups excluding carboxylic acids is 2. The zero-order valence-corrected chi connectivity index (χ0v) is 9.76. The van der Waals surface area contributed by atoms with Gasteiger partial charge in [-0.3, -0.25) is 0 Å². The Morgan fingerprint density at radius 1 is 1.35 bits per heavy atom. The lowest BCUT2D eigenvalue weighted by Crippen LogP contribution is -2.12. The van der Waals surface area contributed by atoms with Crippen LogP contribution < -0.4 is 0 Å². The number of ether oxygens (including phenoxy) is 2. The monoisotopic (exact) mass is 239 g/mol. The number of hydrogen-bond donors (Lipinski definition) is 1. The van der Waals surface area contributed by atoms with Gasteiger partial charge in [-0.25, -0.2) is 9.59 Å². The first-order valence-corrected chi connectivity index (χ1v) is 4.73. The van der Waals surface area contributed by atoms with Gasteiger partial charge in [0.2, 0.25) is 0 Å². The van der Waals surface area contributed by atoms with E-state index in [-0.39, 0.29) is 16.8 Å². The van der Waals surface area contributed by atoms with E-state index in [0.29, 0.717) is 6.26 Å². The van der Waals surface area contributed by atoms with Crippen LogP contribution >= 0.6 is 0 Å². The van der Waals surface area contributed by atoms with Gasteiger partial charge in [-0.1, -0.05) is 0 Å². The van der Waals surface area contributed by atoms with E-state index in [2.05, 4.69) is 9.47 Å². The second-order valence-corrected chi connectivity index (χ2v) is 3.21. The van der Waals surface area contributed by atoms with Gasteiger partial charge in [0.05, 0.1) is 31.7 Å². The maximum atomic E-state index is 11.5. The highest BCUT2D eigenvalue weighted by Gasteiger charge is 2.23. The fourth-order valence-electron chi connectivity index (χ4n) is 1.46. The summed E-state index contributed by atoms with van der Waals surface area (Å²) in [6.45, 7) is 0. The van der Waals surface area contributed by atoms with Crippen LogP contribution in [0.4, 0.5) is 0 Å². The van der Waals surface area contributed by atoms with Crippen molar-refractivity contribution < 1.29 is 24.2 Å². The van der Waals surface area contributed by atoms with Gasteiger partial charge >= 0.3 is 11.9 Å². The number of aliphatic hydroxyl groups excluding tert-OH is 1. The Kier molecular flexibility index (Phi) is 3.92. The molecule has 0 spiro atoms. The van der Waals surface area contributed by atoms with Crippen molar-refractivity contribution >= 4 is 17.5 Å². The van der Waals surface area contributed by atoms with Crippen molar-refractivity contribution in [2.45, 2.75) is 0 Å². The topological polar surface area (TPSA) is 77.8 Å². The minimum atomic E-state index is -0.737. The highest BCUT2D eigenvalue weighted by Crippen LogP contribution is 2.21. The molecule has 0 aliphatic heterocycles. The molecule has 0 unspecified atom stereocenters. The predicted octanol–water partition coefficient (Wildman–Crippen LogP) is 0.884. The Morgan fingerprint density at radius 2 is 2.00 bits per heavy atom. The average Bonchev–Trinajstić information content (AvgIpc) is 2.71. The summed E-state index contributed by atoms with van der Waals surface area (Å²) >= 11 is 0. The van der Waals surface area contributed by atoms with Crippen molar-refractivity contribution in [3.05, 3.63) is 29.8 Å². The largest absolute Gasteiger partial charge is 0.515 e. The number of aryl methyl sites for hydroxylation is 1. The fraction of sp³-hybridized carbons (Fsp3) is 0.273. The Hall–Kier alpha value is -2.24. The minimum Gasteiger partial charge on any atom is -0.515 e. The highest BCUT2D eigenvalue weighted by atomic mass is 16.5. The minimum absolute atomic E-state index is 0.111. The summed E-state index contributed by atoms with van der Waals surface area (Å²) < 4.78 is 10.6. The third-order valence-corrected chi connectivity index (χ3v) is 2.27. The molecule has 1 N–H and O–H groups in total.